The van der Waals surface area contributed by atoms with Crippen molar-refractivity contribution < 1.29 is 27.0 Å². The Balaban J connectivity index is 3.07. The van der Waals surface area contributed by atoms with E-state index in [1.54, 1.807) is 0 Å². The van der Waals surface area contributed by atoms with Crippen LogP contribution < -0.4 is 5.32 Å². The van der Waals surface area contributed by atoms with Crippen molar-refractivity contribution in [1.29, 1.82) is 0 Å². The Morgan fingerprint density at radius 3 is 2.55 bits per heavy atom. The first-order valence-corrected chi connectivity index (χ1v) is 7.45. The van der Waals surface area contributed by atoms with Gasteiger partial charge in [-0.2, -0.15) is 8.78 Å². The van der Waals surface area contributed by atoms with Crippen molar-refractivity contribution in [2.75, 3.05) is 25.6 Å². The van der Waals surface area contributed by atoms with E-state index in [0.717, 1.165) is 6.07 Å². The standard InChI is InChI=1S/C12H17F2NO4S/c1-19-8-9(6-7-16)15-10-4-2-3-5-11(10)20(17,18)12(13)14/h2-5,9,12,15-16H,6-8H2,1H3. The van der Waals surface area contributed by atoms with Gasteiger partial charge in [0.15, 0.2) is 0 Å². The molecular formula is C12H17F2NO4S. The van der Waals surface area contributed by atoms with Crippen molar-refractivity contribution >= 4 is 15.5 Å². The van der Waals surface area contributed by atoms with Crippen molar-refractivity contribution in [3.63, 3.8) is 0 Å². The van der Waals surface area contributed by atoms with Crippen LogP contribution in [0.15, 0.2) is 29.2 Å². The van der Waals surface area contributed by atoms with E-state index < -0.39 is 20.5 Å². The average Bonchev–Trinajstić information content (AvgIpc) is 2.39. The normalized spacial score (nSPS) is 13.4. The summed E-state index contributed by atoms with van der Waals surface area (Å²) in [5, 5.41) is 11.7. The van der Waals surface area contributed by atoms with Crippen LogP contribution in [0.1, 0.15) is 6.42 Å². The number of benzene rings is 1. The fourth-order valence-electron chi connectivity index (χ4n) is 1.70. The average molecular weight is 309 g/mol. The van der Waals surface area contributed by atoms with E-state index in [9.17, 15) is 17.2 Å². The maximum absolute atomic E-state index is 12.6. The summed E-state index contributed by atoms with van der Waals surface area (Å²) < 4.78 is 53.4. The molecule has 1 aromatic rings. The van der Waals surface area contributed by atoms with E-state index in [0.29, 0.717) is 6.42 Å². The number of methoxy groups -OCH3 is 1. The van der Waals surface area contributed by atoms with Crippen molar-refractivity contribution in [3.05, 3.63) is 24.3 Å². The van der Waals surface area contributed by atoms with Gasteiger partial charge in [0, 0.05) is 13.7 Å². The van der Waals surface area contributed by atoms with Crippen molar-refractivity contribution in [3.8, 4) is 0 Å². The zero-order chi connectivity index (χ0) is 15.2. The number of nitrogens with one attached hydrogen (secondary N) is 1. The van der Waals surface area contributed by atoms with E-state index in [4.69, 9.17) is 9.84 Å². The van der Waals surface area contributed by atoms with Gasteiger partial charge in [-0.3, -0.25) is 0 Å². The van der Waals surface area contributed by atoms with Crippen LogP contribution >= 0.6 is 0 Å². The highest BCUT2D eigenvalue weighted by Gasteiger charge is 2.29. The molecule has 0 saturated heterocycles. The molecule has 8 heteroatoms. The Morgan fingerprint density at radius 1 is 1.35 bits per heavy atom. The fourth-order valence-corrected chi connectivity index (χ4v) is 2.60. The van der Waals surface area contributed by atoms with Crippen molar-refractivity contribution in [2.24, 2.45) is 0 Å². The van der Waals surface area contributed by atoms with Gasteiger partial charge in [-0.15, -0.1) is 0 Å². The number of hydrogen-bond donors (Lipinski definition) is 2. The molecule has 0 radical (unpaired) electrons. The number of alkyl halides is 2. The molecule has 0 aliphatic carbocycles. The quantitative estimate of drug-likeness (QED) is 0.761. The molecule has 5 nitrogen and oxygen atoms in total. The van der Waals surface area contributed by atoms with Crippen LogP contribution in [0.3, 0.4) is 0 Å². The predicted octanol–water partition coefficient (Wildman–Crippen LogP) is 1.49. The molecule has 0 aromatic heterocycles. The summed E-state index contributed by atoms with van der Waals surface area (Å²) in [5.74, 6) is -3.48. The molecule has 1 aromatic carbocycles. The molecule has 0 fully saturated rings. The number of sulfone groups is 1. The molecule has 1 atom stereocenters. The molecule has 0 aliphatic rings. The second-order valence-electron chi connectivity index (χ2n) is 4.11. The topological polar surface area (TPSA) is 75.6 Å². The Labute approximate surface area is 116 Å². The number of aliphatic hydroxyl groups excluding tert-OH is 1. The lowest BCUT2D eigenvalue weighted by atomic mass is 10.2. The molecule has 1 rings (SSSR count). The maximum atomic E-state index is 12.6. The van der Waals surface area contributed by atoms with Gasteiger partial charge >= 0.3 is 5.76 Å². The van der Waals surface area contributed by atoms with Crippen molar-refractivity contribution in [2.45, 2.75) is 23.1 Å². The highest BCUT2D eigenvalue weighted by atomic mass is 32.2. The molecule has 0 bridgehead atoms. The molecule has 2 N–H and O–H groups in total. The Hall–Kier alpha value is -1.25. The molecule has 20 heavy (non-hydrogen) atoms. The SMILES string of the molecule is COCC(CCO)Nc1ccccc1S(=O)(=O)C(F)F. The van der Waals surface area contributed by atoms with Gasteiger partial charge in [-0.1, -0.05) is 12.1 Å². The zero-order valence-corrected chi connectivity index (χ0v) is 11.7. The molecule has 0 saturated carbocycles. The molecule has 0 heterocycles. The van der Waals surface area contributed by atoms with Crippen LogP contribution in [0.5, 0.6) is 0 Å². The smallest absolute Gasteiger partial charge is 0.341 e. The van der Waals surface area contributed by atoms with Crippen LogP contribution in [-0.4, -0.2) is 45.6 Å². The maximum Gasteiger partial charge on any atom is 0.341 e. The van der Waals surface area contributed by atoms with Gasteiger partial charge in [0.05, 0.1) is 23.2 Å². The number of aliphatic hydroxyl groups is 1. The first-order valence-electron chi connectivity index (χ1n) is 5.91. The van der Waals surface area contributed by atoms with Gasteiger partial charge < -0.3 is 15.2 Å². The fraction of sp³-hybridized carbons (Fsp3) is 0.500. The summed E-state index contributed by atoms with van der Waals surface area (Å²) in [6.45, 7) is 0.0778. The second kappa shape index (κ2) is 7.51. The molecule has 0 spiro atoms. The molecule has 0 amide bonds. The molecule has 114 valence electrons. The Bertz CT molecular complexity index is 516. The van der Waals surface area contributed by atoms with Gasteiger partial charge in [0.1, 0.15) is 0 Å². The Morgan fingerprint density at radius 2 is 2.00 bits per heavy atom. The summed E-state index contributed by atoms with van der Waals surface area (Å²) in [6, 6.07) is 5.05. The summed E-state index contributed by atoms with van der Waals surface area (Å²) in [6.07, 6.45) is 0.302. The first kappa shape index (κ1) is 16.8. The van der Waals surface area contributed by atoms with E-state index in [2.05, 4.69) is 5.32 Å². The van der Waals surface area contributed by atoms with Crippen LogP contribution in [0.4, 0.5) is 14.5 Å². The second-order valence-corrected chi connectivity index (χ2v) is 6.00. The number of rotatable bonds is 8. The highest BCUT2D eigenvalue weighted by Crippen LogP contribution is 2.26. The lowest BCUT2D eigenvalue weighted by Crippen LogP contribution is -2.27. The minimum Gasteiger partial charge on any atom is -0.396 e. The van der Waals surface area contributed by atoms with E-state index in [1.807, 2.05) is 0 Å². The zero-order valence-electron chi connectivity index (χ0n) is 10.9. The van der Waals surface area contributed by atoms with E-state index in [1.165, 1.54) is 25.3 Å². The molecule has 0 aliphatic heterocycles. The monoisotopic (exact) mass is 309 g/mol. The van der Waals surface area contributed by atoms with Gasteiger partial charge in [0.2, 0.25) is 9.84 Å². The number of halogens is 2. The summed E-state index contributed by atoms with van der Waals surface area (Å²) in [4.78, 5) is -0.464. The summed E-state index contributed by atoms with van der Waals surface area (Å²) in [7, 11) is -3.23. The van der Waals surface area contributed by atoms with Crippen LogP contribution in [0.25, 0.3) is 0 Å². The predicted molar refractivity (Wildman–Crippen MR) is 70.6 cm³/mol. The first-order chi connectivity index (χ1) is 9.43. The largest absolute Gasteiger partial charge is 0.396 e. The lowest BCUT2D eigenvalue weighted by molar-refractivity contribution is 0.170. The van der Waals surface area contributed by atoms with Gasteiger partial charge in [-0.05, 0) is 18.6 Å². The summed E-state index contributed by atoms with van der Waals surface area (Å²) in [5.41, 5.74) is 0.0725. The highest BCUT2D eigenvalue weighted by molar-refractivity contribution is 7.91. The van der Waals surface area contributed by atoms with Crippen LogP contribution in [0.2, 0.25) is 0 Å². The number of hydrogen-bond acceptors (Lipinski definition) is 5. The number of ether oxygens (including phenoxy) is 1. The van der Waals surface area contributed by atoms with Crippen LogP contribution in [0, 0.1) is 0 Å². The lowest BCUT2D eigenvalue weighted by Gasteiger charge is -2.20. The minimum atomic E-state index is -4.68. The third-order valence-corrected chi connectivity index (χ3v) is 4.07. The van der Waals surface area contributed by atoms with Crippen LogP contribution in [-0.2, 0) is 14.6 Å². The number of anilines is 1. The summed E-state index contributed by atoms with van der Waals surface area (Å²) >= 11 is 0. The van der Waals surface area contributed by atoms with Gasteiger partial charge in [-0.25, -0.2) is 8.42 Å². The third kappa shape index (κ3) is 4.12. The third-order valence-electron chi connectivity index (χ3n) is 2.63. The number of para-hydroxylation sites is 1. The Kier molecular flexibility index (Phi) is 6.31. The van der Waals surface area contributed by atoms with Gasteiger partial charge in [0.25, 0.3) is 0 Å². The van der Waals surface area contributed by atoms with E-state index >= 15 is 0 Å². The molecule has 1 unspecified atom stereocenters. The van der Waals surface area contributed by atoms with E-state index in [-0.39, 0.29) is 24.9 Å². The minimum absolute atomic E-state index is 0.0725. The van der Waals surface area contributed by atoms with Crippen molar-refractivity contribution in [1.82, 2.24) is 0 Å². The molecular weight excluding hydrogens is 292 g/mol.